The van der Waals surface area contributed by atoms with E-state index in [1.165, 1.54) is 24.0 Å². The Balaban J connectivity index is 0.000000386. The molecule has 3 aromatic rings. The number of hydrogen-bond acceptors (Lipinski definition) is 7. The van der Waals surface area contributed by atoms with Crippen molar-refractivity contribution < 1.29 is 23.6 Å². The number of aldehydes is 1. The average molecular weight is 591 g/mol. The zero-order valence-corrected chi connectivity index (χ0v) is 25.4. The highest BCUT2D eigenvalue weighted by Crippen LogP contribution is 2.27. The summed E-state index contributed by atoms with van der Waals surface area (Å²) in [4.78, 5) is 34.4. The normalized spacial score (nSPS) is 13.3. The Morgan fingerprint density at radius 2 is 1.65 bits per heavy atom. The quantitative estimate of drug-likeness (QED) is 0.148. The first-order valence-corrected chi connectivity index (χ1v) is 15.2. The zero-order valence-electron chi connectivity index (χ0n) is 25.4. The van der Waals surface area contributed by atoms with Crippen molar-refractivity contribution in [2.45, 2.75) is 83.2 Å². The summed E-state index contributed by atoms with van der Waals surface area (Å²) in [6.45, 7) is 4.21. The molecule has 1 heterocycles. The number of nitrogens with zero attached hydrogens (tertiary/aromatic N) is 1. The number of alkyl carbamates (subject to hydrolysis) is 1. The van der Waals surface area contributed by atoms with Gasteiger partial charge in [-0.1, -0.05) is 65.8 Å². The first-order chi connectivity index (χ1) is 20.8. The van der Waals surface area contributed by atoms with Crippen LogP contribution in [-0.2, 0) is 33.6 Å². The van der Waals surface area contributed by atoms with Gasteiger partial charge in [0.2, 0.25) is 5.91 Å². The molecule has 1 aliphatic rings. The first-order valence-electron chi connectivity index (χ1n) is 15.2. The molecular weight excluding hydrogens is 544 g/mol. The predicted octanol–water partition coefficient (Wildman–Crippen LogP) is 5.48. The van der Waals surface area contributed by atoms with Crippen LogP contribution >= 0.6 is 0 Å². The molecule has 1 atom stereocenters. The fourth-order valence-corrected chi connectivity index (χ4v) is 4.41. The lowest BCUT2D eigenvalue weighted by atomic mass is 9.98. The molecule has 0 spiro atoms. The smallest absolute Gasteiger partial charge is 0.407 e. The van der Waals surface area contributed by atoms with Gasteiger partial charge in [-0.2, -0.15) is 0 Å². The van der Waals surface area contributed by atoms with E-state index in [0.29, 0.717) is 37.4 Å². The predicted molar refractivity (Wildman–Crippen MR) is 166 cm³/mol. The minimum absolute atomic E-state index is 0.206. The van der Waals surface area contributed by atoms with Crippen molar-refractivity contribution in [3.05, 3.63) is 89.3 Å². The second-order valence-corrected chi connectivity index (χ2v) is 11.6. The van der Waals surface area contributed by atoms with Gasteiger partial charge in [-0.15, -0.1) is 0 Å². The average Bonchev–Trinajstić information content (AvgIpc) is 3.72. The van der Waals surface area contributed by atoms with Crippen LogP contribution in [0.15, 0.2) is 71.4 Å². The maximum Gasteiger partial charge on any atom is 0.407 e. The zero-order chi connectivity index (χ0) is 30.9. The standard InChI is InChI=1S/C24H34N4O4.C10H12O/c1-24(2,25)22(29)27-20(10-6-9-17-7-4-3-5-8-17)21-19(16-32-28-21)13-14-31-23(30)26-15-18-11-12-18;11-9-5-4-8-10-6-2-1-3-7-10/h3-5,7-8,16,18,20H,6,9-15,25H2,1-2H3,(H,26,30)(H,27,29);1-3,6-7,9H,4-5,8H2. The summed E-state index contributed by atoms with van der Waals surface area (Å²) in [7, 11) is 0. The Morgan fingerprint density at radius 1 is 1.02 bits per heavy atom. The maximum absolute atomic E-state index is 12.6. The van der Waals surface area contributed by atoms with Crippen molar-refractivity contribution in [2.24, 2.45) is 11.7 Å². The minimum atomic E-state index is -1.01. The van der Waals surface area contributed by atoms with Crippen LogP contribution in [0.5, 0.6) is 0 Å². The van der Waals surface area contributed by atoms with Crippen LogP contribution in [-0.4, -0.2) is 42.1 Å². The van der Waals surface area contributed by atoms with E-state index in [1.807, 2.05) is 36.4 Å². The number of ether oxygens (including phenoxy) is 1. The lowest BCUT2D eigenvalue weighted by molar-refractivity contribution is -0.126. The number of nitrogens with two attached hydrogens (primary N) is 1. The van der Waals surface area contributed by atoms with Crippen molar-refractivity contribution in [3.8, 4) is 0 Å². The number of hydrogen-bond donors (Lipinski definition) is 3. The highest BCUT2D eigenvalue weighted by molar-refractivity contribution is 5.85. The summed E-state index contributed by atoms with van der Waals surface area (Å²) in [5, 5.41) is 9.95. The molecule has 1 unspecified atom stereocenters. The van der Waals surface area contributed by atoms with E-state index in [0.717, 1.165) is 37.5 Å². The molecular formula is C34H46N4O5. The highest BCUT2D eigenvalue weighted by Gasteiger charge is 2.28. The molecule has 0 bridgehead atoms. The van der Waals surface area contributed by atoms with Gasteiger partial charge < -0.3 is 30.4 Å². The van der Waals surface area contributed by atoms with E-state index >= 15 is 0 Å². The SMILES string of the molecule is CC(C)(N)C(=O)NC(CCCc1ccccc1)c1nocc1CCOC(=O)NCC1CC1.O=CCCCc1ccccc1. The lowest BCUT2D eigenvalue weighted by Crippen LogP contribution is -2.50. The van der Waals surface area contributed by atoms with E-state index in [1.54, 1.807) is 20.1 Å². The molecule has 232 valence electrons. The van der Waals surface area contributed by atoms with Gasteiger partial charge in [0.05, 0.1) is 18.2 Å². The van der Waals surface area contributed by atoms with Crippen molar-refractivity contribution in [2.75, 3.05) is 13.2 Å². The topological polar surface area (TPSA) is 137 Å². The van der Waals surface area contributed by atoms with Crippen molar-refractivity contribution >= 4 is 18.3 Å². The van der Waals surface area contributed by atoms with Gasteiger partial charge >= 0.3 is 6.09 Å². The number of amides is 2. The Hall–Kier alpha value is -3.98. The number of benzene rings is 2. The van der Waals surface area contributed by atoms with Gasteiger partial charge in [-0.3, -0.25) is 4.79 Å². The lowest BCUT2D eigenvalue weighted by Gasteiger charge is -2.24. The molecule has 9 heteroatoms. The number of rotatable bonds is 16. The number of aryl methyl sites for hydroxylation is 2. The van der Waals surface area contributed by atoms with Gasteiger partial charge in [-0.05, 0) is 75.8 Å². The fourth-order valence-electron chi connectivity index (χ4n) is 4.41. The molecule has 0 aliphatic heterocycles. The Bertz CT molecular complexity index is 1240. The van der Waals surface area contributed by atoms with Gasteiger partial charge in [0.1, 0.15) is 18.2 Å². The minimum Gasteiger partial charge on any atom is -0.449 e. The third-order valence-corrected chi connectivity index (χ3v) is 7.16. The third kappa shape index (κ3) is 13.2. The van der Waals surface area contributed by atoms with Crippen molar-refractivity contribution in [1.82, 2.24) is 15.8 Å². The highest BCUT2D eigenvalue weighted by atomic mass is 16.5. The first kappa shape index (κ1) is 33.5. The molecule has 4 rings (SSSR count). The molecule has 1 saturated carbocycles. The van der Waals surface area contributed by atoms with Crippen LogP contribution in [0.25, 0.3) is 0 Å². The van der Waals surface area contributed by atoms with Gasteiger partial charge in [0.25, 0.3) is 0 Å². The van der Waals surface area contributed by atoms with E-state index in [2.05, 4.69) is 40.1 Å². The molecule has 0 saturated heterocycles. The molecule has 2 amide bonds. The summed E-state index contributed by atoms with van der Waals surface area (Å²) in [5.41, 5.74) is 8.98. The molecule has 4 N–H and O–H groups in total. The Kier molecular flexibility index (Phi) is 13.9. The molecule has 1 fully saturated rings. The van der Waals surface area contributed by atoms with Crippen LogP contribution in [0.1, 0.15) is 80.8 Å². The van der Waals surface area contributed by atoms with E-state index < -0.39 is 11.6 Å². The second kappa shape index (κ2) is 17.9. The summed E-state index contributed by atoms with van der Waals surface area (Å²) < 4.78 is 10.5. The van der Waals surface area contributed by atoms with Gasteiger partial charge in [0, 0.05) is 24.9 Å². The molecule has 2 aromatic carbocycles. The largest absolute Gasteiger partial charge is 0.449 e. The second-order valence-electron chi connectivity index (χ2n) is 11.6. The summed E-state index contributed by atoms with van der Waals surface area (Å²) >= 11 is 0. The van der Waals surface area contributed by atoms with E-state index in [4.69, 9.17) is 15.0 Å². The van der Waals surface area contributed by atoms with Gasteiger partial charge in [-0.25, -0.2) is 4.79 Å². The molecule has 9 nitrogen and oxygen atoms in total. The third-order valence-electron chi connectivity index (χ3n) is 7.16. The number of nitrogens with one attached hydrogen (secondary N) is 2. The van der Waals surface area contributed by atoms with Crippen LogP contribution in [0, 0.1) is 5.92 Å². The summed E-state index contributed by atoms with van der Waals surface area (Å²) in [6, 6.07) is 20.1. The van der Waals surface area contributed by atoms with Crippen LogP contribution < -0.4 is 16.4 Å². The molecule has 0 radical (unpaired) electrons. The molecule has 1 aliphatic carbocycles. The monoisotopic (exact) mass is 590 g/mol. The number of aromatic nitrogens is 1. The van der Waals surface area contributed by atoms with Crippen molar-refractivity contribution in [1.29, 1.82) is 0 Å². The number of carbonyl (C=O) groups is 3. The Labute approximate surface area is 254 Å². The van der Waals surface area contributed by atoms with Crippen LogP contribution in [0.3, 0.4) is 0 Å². The number of unbranched alkanes of at least 4 members (excludes halogenated alkanes) is 1. The van der Waals surface area contributed by atoms with Crippen LogP contribution in [0.2, 0.25) is 0 Å². The maximum atomic E-state index is 12.6. The van der Waals surface area contributed by atoms with E-state index in [-0.39, 0.29) is 18.6 Å². The van der Waals surface area contributed by atoms with Crippen LogP contribution in [0.4, 0.5) is 4.79 Å². The van der Waals surface area contributed by atoms with E-state index in [9.17, 15) is 14.4 Å². The fraction of sp³-hybridized carbons (Fsp3) is 0.471. The number of carbonyl (C=O) groups excluding carboxylic acids is 3. The Morgan fingerprint density at radius 3 is 2.23 bits per heavy atom. The van der Waals surface area contributed by atoms with Crippen molar-refractivity contribution in [3.63, 3.8) is 0 Å². The molecule has 1 aromatic heterocycles. The molecule has 43 heavy (non-hydrogen) atoms. The summed E-state index contributed by atoms with van der Waals surface area (Å²) in [5.74, 6) is 0.339. The summed E-state index contributed by atoms with van der Waals surface area (Å²) in [6.07, 6.45) is 9.97. The van der Waals surface area contributed by atoms with Gasteiger partial charge in [0.15, 0.2) is 0 Å².